The zero-order chi connectivity index (χ0) is 19.5. The molecule has 150 valence electrons. The Morgan fingerprint density at radius 2 is 2.36 bits per heavy atom. The molecule has 28 heavy (non-hydrogen) atoms. The predicted octanol–water partition coefficient (Wildman–Crippen LogP) is 2.06. The standard InChI is InChI=1S/C20H25FN4O3/c1-25-11-13(8-23-25)16-9-22-10-17(16)20(26)24-18-7-14(21)4-5-19(18)28-12-15-3-2-6-27-15/h4-5,7-8,11,15-17,22H,2-3,6,9-10,12H2,1H3,(H,24,26)/t15?,16-,17+/m1/s1. The van der Waals surface area contributed by atoms with Gasteiger partial charge in [-0.3, -0.25) is 9.48 Å². The van der Waals surface area contributed by atoms with E-state index in [0.29, 0.717) is 31.1 Å². The van der Waals surface area contributed by atoms with Crippen LogP contribution in [0.2, 0.25) is 0 Å². The van der Waals surface area contributed by atoms with Crippen molar-refractivity contribution in [3.05, 3.63) is 42.0 Å². The zero-order valence-electron chi connectivity index (χ0n) is 15.9. The fourth-order valence-electron chi connectivity index (χ4n) is 3.85. The van der Waals surface area contributed by atoms with Crippen LogP contribution in [0.3, 0.4) is 0 Å². The van der Waals surface area contributed by atoms with E-state index in [1.165, 1.54) is 12.1 Å². The monoisotopic (exact) mass is 388 g/mol. The Labute approximate surface area is 163 Å². The highest BCUT2D eigenvalue weighted by atomic mass is 19.1. The van der Waals surface area contributed by atoms with Crippen LogP contribution in [-0.4, -0.2) is 48.1 Å². The van der Waals surface area contributed by atoms with Crippen molar-refractivity contribution in [3.8, 4) is 5.75 Å². The lowest BCUT2D eigenvalue weighted by atomic mass is 9.90. The van der Waals surface area contributed by atoms with Crippen molar-refractivity contribution in [2.24, 2.45) is 13.0 Å². The summed E-state index contributed by atoms with van der Waals surface area (Å²) in [5, 5.41) is 10.3. The number of amides is 1. The van der Waals surface area contributed by atoms with E-state index in [0.717, 1.165) is 25.0 Å². The minimum atomic E-state index is -0.423. The van der Waals surface area contributed by atoms with Crippen LogP contribution in [0.1, 0.15) is 24.3 Å². The molecule has 3 heterocycles. The fourth-order valence-corrected chi connectivity index (χ4v) is 3.85. The molecule has 0 aliphatic carbocycles. The molecule has 7 nitrogen and oxygen atoms in total. The van der Waals surface area contributed by atoms with Crippen molar-refractivity contribution in [1.82, 2.24) is 15.1 Å². The Kier molecular flexibility index (Phi) is 5.59. The molecule has 2 aliphatic heterocycles. The van der Waals surface area contributed by atoms with Gasteiger partial charge in [0.25, 0.3) is 0 Å². The van der Waals surface area contributed by atoms with Crippen molar-refractivity contribution >= 4 is 11.6 Å². The number of anilines is 1. The molecule has 2 aliphatic rings. The minimum Gasteiger partial charge on any atom is -0.489 e. The second kappa shape index (κ2) is 8.28. The molecular weight excluding hydrogens is 363 g/mol. The largest absolute Gasteiger partial charge is 0.489 e. The topological polar surface area (TPSA) is 77.4 Å². The molecule has 1 aromatic carbocycles. The number of benzene rings is 1. The molecule has 4 rings (SSSR count). The van der Waals surface area contributed by atoms with Crippen LogP contribution in [0.15, 0.2) is 30.6 Å². The molecule has 1 amide bonds. The summed E-state index contributed by atoms with van der Waals surface area (Å²) < 4.78 is 26.9. The fraction of sp³-hybridized carbons (Fsp3) is 0.500. The SMILES string of the molecule is Cn1cc([C@H]2CNC[C@@H]2C(=O)Nc2cc(F)ccc2OCC2CCCO2)cn1. The maximum Gasteiger partial charge on any atom is 0.229 e. The average Bonchev–Trinajstić information content (AvgIpc) is 3.42. The van der Waals surface area contributed by atoms with Gasteiger partial charge in [0, 0.05) is 44.9 Å². The summed E-state index contributed by atoms with van der Waals surface area (Å²) in [5.41, 5.74) is 1.36. The van der Waals surface area contributed by atoms with Gasteiger partial charge in [0.2, 0.25) is 5.91 Å². The Hall–Kier alpha value is -2.45. The summed E-state index contributed by atoms with van der Waals surface area (Å²) in [6.45, 7) is 2.39. The lowest BCUT2D eigenvalue weighted by molar-refractivity contribution is -0.119. The third-order valence-electron chi connectivity index (χ3n) is 5.35. The van der Waals surface area contributed by atoms with E-state index in [-0.39, 0.29) is 23.8 Å². The predicted molar refractivity (Wildman–Crippen MR) is 102 cm³/mol. The summed E-state index contributed by atoms with van der Waals surface area (Å²) in [5.74, 6) is -0.370. The van der Waals surface area contributed by atoms with Crippen LogP contribution in [0.25, 0.3) is 0 Å². The molecule has 2 saturated heterocycles. The lowest BCUT2D eigenvalue weighted by Gasteiger charge is -2.19. The summed E-state index contributed by atoms with van der Waals surface area (Å²) in [6, 6.07) is 4.17. The second-order valence-corrected chi connectivity index (χ2v) is 7.39. The van der Waals surface area contributed by atoms with E-state index in [9.17, 15) is 9.18 Å². The molecule has 2 fully saturated rings. The van der Waals surface area contributed by atoms with Crippen LogP contribution in [0.5, 0.6) is 5.75 Å². The second-order valence-electron chi connectivity index (χ2n) is 7.39. The number of hydrogen-bond acceptors (Lipinski definition) is 5. The smallest absolute Gasteiger partial charge is 0.229 e. The summed E-state index contributed by atoms with van der Waals surface area (Å²) in [6.07, 6.45) is 5.73. The molecule has 2 N–H and O–H groups in total. The van der Waals surface area contributed by atoms with Crippen molar-refractivity contribution < 1.29 is 18.7 Å². The van der Waals surface area contributed by atoms with Gasteiger partial charge in [0.15, 0.2) is 0 Å². The number of hydrogen-bond donors (Lipinski definition) is 2. The van der Waals surface area contributed by atoms with Gasteiger partial charge in [-0.2, -0.15) is 5.10 Å². The van der Waals surface area contributed by atoms with Gasteiger partial charge >= 0.3 is 0 Å². The van der Waals surface area contributed by atoms with Gasteiger partial charge in [0.1, 0.15) is 18.2 Å². The Morgan fingerprint density at radius 3 is 3.11 bits per heavy atom. The first kappa shape index (κ1) is 18.9. The highest BCUT2D eigenvalue weighted by Gasteiger charge is 2.35. The number of carbonyl (C=O) groups excluding carboxylic acids is 1. The van der Waals surface area contributed by atoms with Gasteiger partial charge in [-0.15, -0.1) is 0 Å². The first-order valence-corrected chi connectivity index (χ1v) is 9.64. The van der Waals surface area contributed by atoms with Crippen molar-refractivity contribution in [2.45, 2.75) is 24.9 Å². The summed E-state index contributed by atoms with van der Waals surface area (Å²) in [7, 11) is 1.85. The number of aryl methyl sites for hydroxylation is 1. The molecule has 8 heteroatoms. The number of nitrogens with one attached hydrogen (secondary N) is 2. The minimum absolute atomic E-state index is 0.0264. The van der Waals surface area contributed by atoms with Gasteiger partial charge in [-0.05, 0) is 30.5 Å². The molecule has 1 unspecified atom stereocenters. The zero-order valence-corrected chi connectivity index (χ0v) is 15.9. The number of carbonyl (C=O) groups is 1. The number of rotatable bonds is 6. The van der Waals surface area contributed by atoms with Gasteiger partial charge < -0.3 is 20.1 Å². The van der Waals surface area contributed by atoms with Crippen LogP contribution >= 0.6 is 0 Å². The molecule has 2 aromatic rings. The average molecular weight is 388 g/mol. The van der Waals surface area contributed by atoms with Gasteiger partial charge in [-0.25, -0.2) is 4.39 Å². The summed E-state index contributed by atoms with van der Waals surface area (Å²) >= 11 is 0. The van der Waals surface area contributed by atoms with Crippen LogP contribution in [0, 0.1) is 11.7 Å². The van der Waals surface area contributed by atoms with E-state index >= 15 is 0 Å². The van der Waals surface area contributed by atoms with E-state index in [2.05, 4.69) is 15.7 Å². The Balaban J connectivity index is 1.46. The van der Waals surface area contributed by atoms with E-state index in [1.807, 2.05) is 13.2 Å². The number of ether oxygens (including phenoxy) is 2. The third kappa shape index (κ3) is 4.18. The van der Waals surface area contributed by atoms with Gasteiger partial charge in [-0.1, -0.05) is 0 Å². The molecular formula is C20H25FN4O3. The number of nitrogens with zero attached hydrogens (tertiary/aromatic N) is 2. The van der Waals surface area contributed by atoms with Crippen molar-refractivity contribution in [1.29, 1.82) is 0 Å². The van der Waals surface area contributed by atoms with Gasteiger partial charge in [0.05, 0.1) is 23.9 Å². The van der Waals surface area contributed by atoms with Crippen LogP contribution < -0.4 is 15.4 Å². The van der Waals surface area contributed by atoms with Crippen LogP contribution in [0.4, 0.5) is 10.1 Å². The maximum absolute atomic E-state index is 13.8. The maximum atomic E-state index is 13.8. The van der Waals surface area contributed by atoms with E-state index in [4.69, 9.17) is 9.47 Å². The highest BCUT2D eigenvalue weighted by molar-refractivity contribution is 5.95. The van der Waals surface area contributed by atoms with E-state index < -0.39 is 5.82 Å². The van der Waals surface area contributed by atoms with Crippen molar-refractivity contribution in [2.75, 3.05) is 31.6 Å². The molecule has 0 saturated carbocycles. The quantitative estimate of drug-likeness (QED) is 0.792. The third-order valence-corrected chi connectivity index (χ3v) is 5.35. The van der Waals surface area contributed by atoms with Crippen LogP contribution in [-0.2, 0) is 16.6 Å². The lowest BCUT2D eigenvalue weighted by Crippen LogP contribution is -2.28. The first-order chi connectivity index (χ1) is 13.6. The first-order valence-electron chi connectivity index (χ1n) is 9.64. The molecule has 0 spiro atoms. The number of halogens is 1. The Morgan fingerprint density at radius 1 is 1.46 bits per heavy atom. The molecule has 0 radical (unpaired) electrons. The normalized spacial score (nSPS) is 24.4. The molecule has 1 aromatic heterocycles. The summed E-state index contributed by atoms with van der Waals surface area (Å²) in [4.78, 5) is 12.9. The molecule has 3 atom stereocenters. The number of aromatic nitrogens is 2. The Bertz CT molecular complexity index is 835. The highest BCUT2D eigenvalue weighted by Crippen LogP contribution is 2.31. The van der Waals surface area contributed by atoms with Crippen molar-refractivity contribution in [3.63, 3.8) is 0 Å². The molecule has 0 bridgehead atoms. The van der Waals surface area contributed by atoms with E-state index in [1.54, 1.807) is 16.9 Å².